The van der Waals surface area contributed by atoms with Crippen molar-refractivity contribution >= 4 is 23.2 Å². The molecular weight excluding hydrogens is 307 g/mol. The molecule has 0 aliphatic carbocycles. The van der Waals surface area contributed by atoms with E-state index in [0.717, 1.165) is 18.7 Å². The fourth-order valence-corrected chi connectivity index (χ4v) is 2.30. The van der Waals surface area contributed by atoms with Gasteiger partial charge in [-0.25, -0.2) is 4.98 Å². The van der Waals surface area contributed by atoms with Gasteiger partial charge in [0.2, 0.25) is 5.88 Å². The molecule has 1 heterocycles. The summed E-state index contributed by atoms with van der Waals surface area (Å²) < 4.78 is 5.64. The highest BCUT2D eigenvalue weighted by atomic mass is 35.5. The van der Waals surface area contributed by atoms with Crippen molar-refractivity contribution < 1.29 is 4.74 Å². The molecule has 1 N–H and O–H groups in total. The number of nitrogens with one attached hydrogen (secondary N) is 1. The third-order valence-corrected chi connectivity index (χ3v) is 3.17. The van der Waals surface area contributed by atoms with Crippen LogP contribution in [0.15, 0.2) is 36.5 Å². The van der Waals surface area contributed by atoms with Crippen molar-refractivity contribution in [3.63, 3.8) is 0 Å². The molecule has 3 nitrogen and oxygen atoms in total. The van der Waals surface area contributed by atoms with Crippen molar-refractivity contribution in [2.75, 3.05) is 6.54 Å². The molecule has 0 saturated carbocycles. The van der Waals surface area contributed by atoms with Gasteiger partial charge < -0.3 is 10.1 Å². The summed E-state index contributed by atoms with van der Waals surface area (Å²) in [6.45, 7) is 6.14. The van der Waals surface area contributed by atoms with Crippen molar-refractivity contribution in [3.05, 3.63) is 52.1 Å². The van der Waals surface area contributed by atoms with E-state index in [4.69, 9.17) is 27.9 Å². The zero-order valence-corrected chi connectivity index (χ0v) is 13.6. The van der Waals surface area contributed by atoms with E-state index in [1.165, 1.54) is 0 Å². The number of nitrogens with zero attached hydrogens (tertiary/aromatic N) is 1. The van der Waals surface area contributed by atoms with Crippen molar-refractivity contribution in [1.82, 2.24) is 10.3 Å². The Kier molecular flexibility index (Phi) is 5.85. The van der Waals surface area contributed by atoms with Crippen LogP contribution >= 0.6 is 23.2 Å². The molecule has 0 aliphatic rings. The first-order valence-corrected chi connectivity index (χ1v) is 7.58. The van der Waals surface area contributed by atoms with E-state index in [1.807, 2.05) is 12.1 Å². The minimum Gasteiger partial charge on any atom is -0.439 e. The summed E-state index contributed by atoms with van der Waals surface area (Å²) in [6, 6.07) is 8.89. The van der Waals surface area contributed by atoms with Crippen LogP contribution in [-0.2, 0) is 6.54 Å². The summed E-state index contributed by atoms with van der Waals surface area (Å²) in [5, 5.41) is 4.44. The molecule has 0 saturated heterocycles. The highest BCUT2D eigenvalue weighted by Gasteiger charge is 2.03. The Labute approximate surface area is 135 Å². The Balaban J connectivity index is 1.95. The second-order valence-electron chi connectivity index (χ2n) is 5.24. The highest BCUT2D eigenvalue weighted by Crippen LogP contribution is 2.27. The number of hydrogen-bond donors (Lipinski definition) is 1. The van der Waals surface area contributed by atoms with Gasteiger partial charge in [-0.05, 0) is 36.2 Å². The van der Waals surface area contributed by atoms with Crippen LogP contribution < -0.4 is 10.1 Å². The lowest BCUT2D eigenvalue weighted by atomic mass is 10.2. The number of aromatic nitrogens is 1. The molecule has 1 aromatic carbocycles. The summed E-state index contributed by atoms with van der Waals surface area (Å²) >= 11 is 11.9. The largest absolute Gasteiger partial charge is 0.439 e. The fraction of sp³-hybridized carbons (Fsp3) is 0.312. The molecule has 0 radical (unpaired) electrons. The fourth-order valence-electron chi connectivity index (χ4n) is 1.79. The van der Waals surface area contributed by atoms with Gasteiger partial charge in [-0.3, -0.25) is 0 Å². The minimum absolute atomic E-state index is 0.515. The second-order valence-corrected chi connectivity index (χ2v) is 6.11. The van der Waals surface area contributed by atoms with Crippen LogP contribution in [0, 0.1) is 5.92 Å². The quantitative estimate of drug-likeness (QED) is 0.818. The van der Waals surface area contributed by atoms with Gasteiger partial charge in [-0.15, -0.1) is 0 Å². The molecule has 2 rings (SSSR count). The minimum atomic E-state index is 0.515. The van der Waals surface area contributed by atoms with E-state index in [-0.39, 0.29) is 0 Å². The second kappa shape index (κ2) is 7.64. The standard InChI is InChI=1S/C16H18Cl2N2O/c1-11(2)8-19-9-12-3-4-16(20-10-12)21-15-6-13(17)5-14(18)7-15/h3-7,10-11,19H,8-9H2,1-2H3. The lowest BCUT2D eigenvalue weighted by Gasteiger charge is -2.09. The first-order valence-electron chi connectivity index (χ1n) is 6.82. The predicted molar refractivity (Wildman–Crippen MR) is 87.3 cm³/mol. The molecule has 112 valence electrons. The van der Waals surface area contributed by atoms with E-state index in [0.29, 0.717) is 27.6 Å². The first kappa shape index (κ1) is 16.1. The van der Waals surface area contributed by atoms with Crippen LogP contribution in [0.5, 0.6) is 11.6 Å². The smallest absolute Gasteiger partial charge is 0.219 e. The van der Waals surface area contributed by atoms with E-state index in [1.54, 1.807) is 24.4 Å². The van der Waals surface area contributed by atoms with Gasteiger partial charge >= 0.3 is 0 Å². The van der Waals surface area contributed by atoms with Gasteiger partial charge in [0.15, 0.2) is 0 Å². The Bertz CT molecular complexity index is 565. The monoisotopic (exact) mass is 324 g/mol. The van der Waals surface area contributed by atoms with Gasteiger partial charge in [0.25, 0.3) is 0 Å². The maximum Gasteiger partial charge on any atom is 0.219 e. The Morgan fingerprint density at radius 1 is 1.14 bits per heavy atom. The average molecular weight is 325 g/mol. The molecule has 21 heavy (non-hydrogen) atoms. The first-order chi connectivity index (χ1) is 10.0. The van der Waals surface area contributed by atoms with Gasteiger partial charge in [-0.1, -0.05) is 43.1 Å². The molecule has 0 aliphatic heterocycles. The molecule has 0 bridgehead atoms. The van der Waals surface area contributed by atoms with E-state index in [9.17, 15) is 0 Å². The normalized spacial score (nSPS) is 10.9. The Morgan fingerprint density at radius 3 is 2.43 bits per heavy atom. The van der Waals surface area contributed by atoms with Crippen LogP contribution in [-0.4, -0.2) is 11.5 Å². The maximum atomic E-state index is 5.93. The predicted octanol–water partition coefficient (Wildman–Crippen LogP) is 4.93. The average Bonchev–Trinajstić information content (AvgIpc) is 2.39. The number of pyridine rings is 1. The van der Waals surface area contributed by atoms with Gasteiger partial charge in [0.05, 0.1) is 0 Å². The maximum absolute atomic E-state index is 5.93. The number of benzene rings is 1. The number of ether oxygens (including phenoxy) is 1. The van der Waals surface area contributed by atoms with Crippen LogP contribution in [0.3, 0.4) is 0 Å². The summed E-state index contributed by atoms with van der Waals surface area (Å²) in [4.78, 5) is 4.28. The summed E-state index contributed by atoms with van der Waals surface area (Å²) in [5.74, 6) is 1.72. The van der Waals surface area contributed by atoms with E-state index >= 15 is 0 Å². The lowest BCUT2D eigenvalue weighted by Crippen LogP contribution is -2.18. The van der Waals surface area contributed by atoms with Gasteiger partial charge in [-0.2, -0.15) is 0 Å². The third-order valence-electron chi connectivity index (χ3n) is 2.74. The Hall–Kier alpha value is -1.29. The van der Waals surface area contributed by atoms with E-state index in [2.05, 4.69) is 24.1 Å². The Morgan fingerprint density at radius 2 is 1.86 bits per heavy atom. The van der Waals surface area contributed by atoms with Gasteiger partial charge in [0.1, 0.15) is 5.75 Å². The lowest BCUT2D eigenvalue weighted by molar-refractivity contribution is 0.462. The third kappa shape index (κ3) is 5.54. The molecule has 0 atom stereocenters. The van der Waals surface area contributed by atoms with Crippen LogP contribution in [0.2, 0.25) is 10.0 Å². The van der Waals surface area contributed by atoms with Crippen LogP contribution in [0.1, 0.15) is 19.4 Å². The van der Waals surface area contributed by atoms with Crippen molar-refractivity contribution in [2.45, 2.75) is 20.4 Å². The topological polar surface area (TPSA) is 34.1 Å². The number of halogens is 2. The molecule has 5 heteroatoms. The van der Waals surface area contributed by atoms with Crippen molar-refractivity contribution in [1.29, 1.82) is 0 Å². The molecule has 0 fully saturated rings. The number of hydrogen-bond acceptors (Lipinski definition) is 3. The molecule has 0 unspecified atom stereocenters. The zero-order valence-electron chi connectivity index (χ0n) is 12.1. The summed E-state index contributed by atoms with van der Waals surface area (Å²) in [6.07, 6.45) is 1.80. The zero-order chi connectivity index (χ0) is 15.2. The van der Waals surface area contributed by atoms with Crippen molar-refractivity contribution in [3.8, 4) is 11.6 Å². The molecule has 2 aromatic rings. The van der Waals surface area contributed by atoms with Crippen LogP contribution in [0.25, 0.3) is 0 Å². The summed E-state index contributed by atoms with van der Waals surface area (Å²) in [7, 11) is 0. The molecule has 0 spiro atoms. The SMILES string of the molecule is CC(C)CNCc1ccc(Oc2cc(Cl)cc(Cl)c2)nc1. The molecule has 0 amide bonds. The number of rotatable bonds is 6. The van der Waals surface area contributed by atoms with Crippen molar-refractivity contribution in [2.24, 2.45) is 5.92 Å². The van der Waals surface area contributed by atoms with Crippen LogP contribution in [0.4, 0.5) is 0 Å². The van der Waals surface area contributed by atoms with E-state index < -0.39 is 0 Å². The molecular formula is C16H18Cl2N2O. The van der Waals surface area contributed by atoms with Gasteiger partial charge in [0, 0.05) is 28.9 Å². The molecule has 1 aromatic heterocycles. The highest BCUT2D eigenvalue weighted by molar-refractivity contribution is 6.34. The summed E-state index contributed by atoms with van der Waals surface area (Å²) in [5.41, 5.74) is 1.12.